The van der Waals surface area contributed by atoms with E-state index < -0.39 is 5.91 Å². The average molecular weight is 490 g/mol. The zero-order valence-corrected chi connectivity index (χ0v) is 21.0. The summed E-state index contributed by atoms with van der Waals surface area (Å²) in [5.74, 6) is 0.899. The minimum Gasteiger partial charge on any atom is -0.490 e. The highest BCUT2D eigenvalue weighted by atomic mass is 35.5. The molecule has 0 saturated carbocycles. The van der Waals surface area contributed by atoms with Crippen molar-refractivity contribution in [2.24, 2.45) is 5.73 Å². The molecular formula is C26H36ClN3O4. The Labute approximate surface area is 207 Å². The van der Waals surface area contributed by atoms with Gasteiger partial charge in [-0.05, 0) is 69.4 Å². The summed E-state index contributed by atoms with van der Waals surface area (Å²) < 4.78 is 11.5. The number of aliphatic hydroxyl groups is 1. The molecule has 0 fully saturated rings. The van der Waals surface area contributed by atoms with Gasteiger partial charge in [0.1, 0.15) is 6.61 Å². The van der Waals surface area contributed by atoms with Crippen molar-refractivity contribution in [2.45, 2.75) is 52.1 Å². The molecule has 1 aliphatic heterocycles. The minimum absolute atomic E-state index is 0.125. The van der Waals surface area contributed by atoms with Crippen LogP contribution in [0, 0.1) is 0 Å². The number of carbonyl (C=O) groups is 1. The number of nitrogens with two attached hydrogens (primary N) is 1. The maximum absolute atomic E-state index is 12.3. The highest BCUT2D eigenvalue weighted by Gasteiger charge is 2.30. The Balaban J connectivity index is 1.59. The van der Waals surface area contributed by atoms with Crippen LogP contribution in [0.15, 0.2) is 30.3 Å². The Morgan fingerprint density at radius 2 is 2.09 bits per heavy atom. The van der Waals surface area contributed by atoms with E-state index in [0.29, 0.717) is 54.8 Å². The first-order valence-electron chi connectivity index (χ1n) is 12.0. The zero-order valence-electron chi connectivity index (χ0n) is 20.3. The number of anilines is 1. The Hall–Kier alpha value is -2.48. The van der Waals surface area contributed by atoms with Crippen LogP contribution in [0.4, 0.5) is 5.69 Å². The van der Waals surface area contributed by atoms with Crippen LogP contribution >= 0.6 is 11.6 Å². The molecule has 2 atom stereocenters. The summed E-state index contributed by atoms with van der Waals surface area (Å²) >= 11 is 6.05. The summed E-state index contributed by atoms with van der Waals surface area (Å²) in [5, 5.41) is 13.3. The first-order chi connectivity index (χ1) is 16.3. The van der Waals surface area contributed by atoms with Gasteiger partial charge in [0.25, 0.3) is 5.91 Å². The molecular weight excluding hydrogens is 454 g/mol. The van der Waals surface area contributed by atoms with Crippen molar-refractivity contribution in [1.82, 2.24) is 5.32 Å². The number of fused-ring (bicyclic) bond motifs is 1. The van der Waals surface area contributed by atoms with Gasteiger partial charge in [-0.15, -0.1) is 0 Å². The van der Waals surface area contributed by atoms with Crippen LogP contribution in [0.3, 0.4) is 0 Å². The molecule has 2 aromatic carbocycles. The summed E-state index contributed by atoms with van der Waals surface area (Å²) in [6.07, 6.45) is 2.30. The van der Waals surface area contributed by atoms with Gasteiger partial charge in [-0.3, -0.25) is 4.79 Å². The van der Waals surface area contributed by atoms with Gasteiger partial charge in [-0.2, -0.15) is 0 Å². The van der Waals surface area contributed by atoms with Crippen LogP contribution in [0.1, 0.15) is 48.7 Å². The molecule has 2 unspecified atom stereocenters. The van der Waals surface area contributed by atoms with Gasteiger partial charge in [0.2, 0.25) is 0 Å². The van der Waals surface area contributed by atoms with Crippen molar-refractivity contribution < 1.29 is 19.4 Å². The summed E-state index contributed by atoms with van der Waals surface area (Å²) in [5.41, 5.74) is 9.49. The molecule has 2 aromatic rings. The lowest BCUT2D eigenvalue weighted by atomic mass is 9.97. The van der Waals surface area contributed by atoms with E-state index in [2.05, 4.69) is 30.1 Å². The molecule has 7 nitrogen and oxygen atoms in total. The van der Waals surface area contributed by atoms with Crippen molar-refractivity contribution in [3.05, 3.63) is 52.0 Å². The molecule has 8 heteroatoms. The largest absolute Gasteiger partial charge is 0.490 e. The fraction of sp³-hybridized carbons (Fsp3) is 0.500. The van der Waals surface area contributed by atoms with Gasteiger partial charge in [-0.1, -0.05) is 17.7 Å². The van der Waals surface area contributed by atoms with Crippen LogP contribution in [0.2, 0.25) is 5.02 Å². The van der Waals surface area contributed by atoms with Gasteiger partial charge in [0, 0.05) is 42.9 Å². The molecule has 186 valence electrons. The third-order valence-corrected chi connectivity index (χ3v) is 6.24. The summed E-state index contributed by atoms with van der Waals surface area (Å²) in [4.78, 5) is 14.5. The Morgan fingerprint density at radius 1 is 1.29 bits per heavy atom. The summed E-state index contributed by atoms with van der Waals surface area (Å²) in [6, 6.07) is 9.92. The predicted molar refractivity (Wildman–Crippen MR) is 136 cm³/mol. The molecule has 3 rings (SSSR count). The fourth-order valence-electron chi connectivity index (χ4n) is 4.54. The molecule has 0 saturated heterocycles. The SMILES string of the molecule is CCOc1cc(Cl)ccc1OCCNC(C)Cc1cc2c(c(C(N)=O)c1)N(CCCO)C(C)C2. The van der Waals surface area contributed by atoms with Gasteiger partial charge in [-0.25, -0.2) is 0 Å². The number of primary amides is 1. The molecule has 0 radical (unpaired) electrons. The highest BCUT2D eigenvalue weighted by Crippen LogP contribution is 2.37. The van der Waals surface area contributed by atoms with E-state index in [1.165, 1.54) is 0 Å². The van der Waals surface area contributed by atoms with Crippen molar-refractivity contribution in [3.63, 3.8) is 0 Å². The van der Waals surface area contributed by atoms with E-state index in [0.717, 1.165) is 29.7 Å². The van der Waals surface area contributed by atoms with Gasteiger partial charge < -0.3 is 30.5 Å². The normalized spacial score (nSPS) is 15.8. The average Bonchev–Trinajstić information content (AvgIpc) is 3.10. The van der Waals surface area contributed by atoms with E-state index in [1.807, 2.05) is 19.1 Å². The number of aliphatic hydroxyl groups excluding tert-OH is 1. The van der Waals surface area contributed by atoms with Crippen LogP contribution in [0.25, 0.3) is 0 Å². The van der Waals surface area contributed by atoms with Crippen LogP contribution in [0.5, 0.6) is 11.5 Å². The number of carbonyl (C=O) groups excluding carboxylic acids is 1. The number of halogens is 1. The molecule has 0 spiro atoms. The third kappa shape index (κ3) is 6.56. The first-order valence-corrected chi connectivity index (χ1v) is 12.3. The first kappa shape index (κ1) is 26.1. The number of nitrogens with zero attached hydrogens (tertiary/aromatic N) is 1. The van der Waals surface area contributed by atoms with Crippen molar-refractivity contribution in [3.8, 4) is 11.5 Å². The summed E-state index contributed by atoms with van der Waals surface area (Å²) in [7, 11) is 0. The lowest BCUT2D eigenvalue weighted by Gasteiger charge is -2.26. The van der Waals surface area contributed by atoms with Crippen LogP contribution < -0.4 is 25.4 Å². The number of hydrogen-bond acceptors (Lipinski definition) is 6. The molecule has 34 heavy (non-hydrogen) atoms. The lowest BCUT2D eigenvalue weighted by Crippen LogP contribution is -2.33. The number of ether oxygens (including phenoxy) is 2. The fourth-order valence-corrected chi connectivity index (χ4v) is 4.71. The quantitative estimate of drug-likeness (QED) is 0.372. The number of amides is 1. The van der Waals surface area contributed by atoms with Crippen LogP contribution in [-0.4, -0.2) is 56.0 Å². The van der Waals surface area contributed by atoms with E-state index in [1.54, 1.807) is 12.1 Å². The standard InChI is InChI=1S/C26H36ClN3O4/c1-4-33-24-16-21(27)6-7-23(24)34-11-8-29-17(2)12-19-14-20-13-18(3)30(9-5-10-31)25(20)22(15-19)26(28)32/h6-7,14-18,29,31H,4-5,8-13H2,1-3H3,(H2,28,32). The Bertz CT molecular complexity index is 985. The van der Waals surface area contributed by atoms with Crippen molar-refractivity contribution in [1.29, 1.82) is 0 Å². The second-order valence-corrected chi connectivity index (χ2v) is 9.21. The predicted octanol–water partition coefficient (Wildman–Crippen LogP) is 3.57. The zero-order chi connectivity index (χ0) is 24.7. The molecule has 0 bridgehead atoms. The van der Waals surface area contributed by atoms with E-state index in [4.69, 9.17) is 26.8 Å². The van der Waals surface area contributed by atoms with Gasteiger partial charge >= 0.3 is 0 Å². The molecule has 0 aliphatic carbocycles. The second kappa shape index (κ2) is 12.3. The minimum atomic E-state index is -0.414. The smallest absolute Gasteiger partial charge is 0.250 e. The monoisotopic (exact) mass is 489 g/mol. The Morgan fingerprint density at radius 3 is 2.79 bits per heavy atom. The number of nitrogens with one attached hydrogen (secondary N) is 1. The van der Waals surface area contributed by atoms with E-state index in [-0.39, 0.29) is 18.7 Å². The maximum atomic E-state index is 12.3. The topological polar surface area (TPSA) is 97.1 Å². The maximum Gasteiger partial charge on any atom is 0.250 e. The number of rotatable bonds is 13. The van der Waals surface area contributed by atoms with E-state index >= 15 is 0 Å². The van der Waals surface area contributed by atoms with Gasteiger partial charge in [0.15, 0.2) is 11.5 Å². The molecule has 1 amide bonds. The van der Waals surface area contributed by atoms with Crippen LogP contribution in [-0.2, 0) is 12.8 Å². The second-order valence-electron chi connectivity index (χ2n) is 8.77. The number of hydrogen-bond donors (Lipinski definition) is 3. The highest BCUT2D eigenvalue weighted by molar-refractivity contribution is 6.30. The molecule has 4 N–H and O–H groups in total. The third-order valence-electron chi connectivity index (χ3n) is 6.01. The Kier molecular flexibility index (Phi) is 9.45. The van der Waals surface area contributed by atoms with E-state index in [9.17, 15) is 9.90 Å². The molecule has 1 heterocycles. The lowest BCUT2D eigenvalue weighted by molar-refractivity contribution is 0.100. The van der Waals surface area contributed by atoms with Gasteiger partial charge in [0.05, 0.1) is 17.9 Å². The van der Waals surface area contributed by atoms with Crippen molar-refractivity contribution >= 4 is 23.2 Å². The summed E-state index contributed by atoms with van der Waals surface area (Å²) in [6.45, 7) is 8.70. The molecule has 0 aromatic heterocycles. The molecule has 1 aliphatic rings. The number of benzene rings is 2. The van der Waals surface area contributed by atoms with Crippen molar-refractivity contribution in [2.75, 3.05) is 37.8 Å².